The van der Waals surface area contributed by atoms with Gasteiger partial charge in [0.05, 0.1) is 18.2 Å². The van der Waals surface area contributed by atoms with Crippen LogP contribution in [0, 0.1) is 0 Å². The molecule has 0 aromatic heterocycles. The van der Waals surface area contributed by atoms with E-state index in [0.717, 1.165) is 23.4 Å². The van der Waals surface area contributed by atoms with E-state index in [1.807, 2.05) is 37.2 Å². The first-order valence-electron chi connectivity index (χ1n) is 9.74. The van der Waals surface area contributed by atoms with Crippen LogP contribution in [0.5, 0.6) is 0 Å². The van der Waals surface area contributed by atoms with Crippen molar-refractivity contribution in [3.63, 3.8) is 0 Å². The highest BCUT2D eigenvalue weighted by atomic mass is 16.5. The molecule has 0 unspecified atom stereocenters. The Morgan fingerprint density at radius 3 is 2.10 bits per heavy atom. The zero-order chi connectivity index (χ0) is 21.8. The van der Waals surface area contributed by atoms with Gasteiger partial charge in [-0.1, -0.05) is 31.9 Å². The lowest BCUT2D eigenvalue weighted by atomic mass is 9.99. The molecule has 0 heterocycles. The third-order valence-electron chi connectivity index (χ3n) is 4.39. The maximum absolute atomic E-state index is 11.5. The highest BCUT2D eigenvalue weighted by Crippen LogP contribution is 2.23. The lowest BCUT2D eigenvalue weighted by molar-refractivity contribution is 0.0599. The van der Waals surface area contributed by atoms with E-state index in [0.29, 0.717) is 12.0 Å². The number of esters is 1. The second-order valence-corrected chi connectivity index (χ2v) is 6.90. The van der Waals surface area contributed by atoms with E-state index in [9.17, 15) is 9.59 Å². The molecular formula is C23H32N2O4. The number of nitrogens with two attached hydrogens (primary N) is 1. The van der Waals surface area contributed by atoms with Gasteiger partial charge in [0.25, 0.3) is 0 Å². The molecule has 3 N–H and O–H groups in total. The molecule has 0 aliphatic heterocycles. The van der Waals surface area contributed by atoms with Crippen LogP contribution in [0.3, 0.4) is 0 Å². The van der Waals surface area contributed by atoms with Crippen LogP contribution in [0.15, 0.2) is 42.5 Å². The molecule has 0 saturated carbocycles. The number of hydrogen-bond donors (Lipinski definition) is 2. The summed E-state index contributed by atoms with van der Waals surface area (Å²) >= 11 is 0. The smallest absolute Gasteiger partial charge is 0.337 e. The molecular weight excluding hydrogens is 368 g/mol. The Balaban J connectivity index is 0.000000612. The Hall–Kier alpha value is -2.86. The van der Waals surface area contributed by atoms with Crippen LogP contribution in [-0.4, -0.2) is 44.8 Å². The van der Waals surface area contributed by atoms with Gasteiger partial charge in [-0.15, -0.1) is 0 Å². The maximum atomic E-state index is 11.5. The van der Waals surface area contributed by atoms with Crippen LogP contribution in [-0.2, 0) is 11.2 Å². The first-order valence-corrected chi connectivity index (χ1v) is 9.74. The van der Waals surface area contributed by atoms with Crippen molar-refractivity contribution in [2.24, 2.45) is 5.73 Å². The molecule has 0 aliphatic carbocycles. The minimum absolute atomic E-state index is 0.261. The summed E-state index contributed by atoms with van der Waals surface area (Å²) in [7, 11) is 5.18. The Labute approximate surface area is 173 Å². The van der Waals surface area contributed by atoms with Crippen LogP contribution in [0.4, 0.5) is 5.69 Å². The number of methoxy groups -OCH3 is 1. The third kappa shape index (κ3) is 7.95. The summed E-state index contributed by atoms with van der Waals surface area (Å²) in [6.07, 6.45) is 4.33. The van der Waals surface area contributed by atoms with Gasteiger partial charge >= 0.3 is 11.9 Å². The number of nitrogens with zero attached hydrogens (tertiary/aromatic N) is 1. The first-order chi connectivity index (χ1) is 13.8. The lowest BCUT2D eigenvalue weighted by Crippen LogP contribution is -2.12. The fourth-order valence-electron chi connectivity index (χ4n) is 2.79. The third-order valence-corrected chi connectivity index (χ3v) is 4.39. The van der Waals surface area contributed by atoms with E-state index in [4.69, 9.17) is 10.8 Å². The number of ether oxygens (including phenoxy) is 1. The summed E-state index contributed by atoms with van der Waals surface area (Å²) in [5.41, 5.74) is 8.84. The van der Waals surface area contributed by atoms with Crippen molar-refractivity contribution in [1.29, 1.82) is 0 Å². The quantitative estimate of drug-likeness (QED) is 0.515. The average Bonchev–Trinajstić information content (AvgIpc) is 2.72. The fourth-order valence-corrected chi connectivity index (χ4v) is 2.79. The highest BCUT2D eigenvalue weighted by Gasteiger charge is 2.11. The van der Waals surface area contributed by atoms with Gasteiger partial charge in [-0.2, -0.15) is 0 Å². The molecule has 2 aromatic carbocycles. The molecule has 6 heteroatoms. The summed E-state index contributed by atoms with van der Waals surface area (Å²) in [6.45, 7) is 3.03. The second-order valence-electron chi connectivity index (χ2n) is 6.90. The average molecular weight is 401 g/mol. The number of benzene rings is 2. The van der Waals surface area contributed by atoms with E-state index in [1.54, 1.807) is 24.3 Å². The minimum atomic E-state index is -0.947. The number of carboxylic acids is 1. The van der Waals surface area contributed by atoms with Crippen molar-refractivity contribution in [3.8, 4) is 0 Å². The van der Waals surface area contributed by atoms with Crippen molar-refractivity contribution in [3.05, 3.63) is 64.7 Å². The molecule has 0 amide bonds. The van der Waals surface area contributed by atoms with Gasteiger partial charge in [0.2, 0.25) is 0 Å². The SMILES string of the molecule is CCCCCN.COC(=O)c1ccc(Cc2cc(C(=O)O)ccc2N(C)C)cc1. The molecule has 6 nitrogen and oxygen atoms in total. The topological polar surface area (TPSA) is 92.9 Å². The molecule has 0 atom stereocenters. The minimum Gasteiger partial charge on any atom is -0.478 e. The number of hydrogen-bond acceptors (Lipinski definition) is 5. The number of carbonyl (C=O) groups excluding carboxylic acids is 1. The molecule has 158 valence electrons. The van der Waals surface area contributed by atoms with Gasteiger partial charge in [-0.25, -0.2) is 9.59 Å². The second kappa shape index (κ2) is 12.6. The zero-order valence-corrected chi connectivity index (χ0v) is 17.8. The van der Waals surface area contributed by atoms with E-state index < -0.39 is 5.97 Å². The summed E-state index contributed by atoms with van der Waals surface area (Å²) in [5, 5.41) is 9.16. The number of rotatable bonds is 8. The highest BCUT2D eigenvalue weighted by molar-refractivity contribution is 5.89. The van der Waals surface area contributed by atoms with Gasteiger partial charge < -0.3 is 20.5 Å². The van der Waals surface area contributed by atoms with Gasteiger partial charge in [-0.3, -0.25) is 0 Å². The van der Waals surface area contributed by atoms with Crippen molar-refractivity contribution in [2.45, 2.75) is 32.6 Å². The van der Waals surface area contributed by atoms with Gasteiger partial charge in [0.15, 0.2) is 0 Å². The molecule has 0 fully saturated rings. The lowest BCUT2D eigenvalue weighted by Gasteiger charge is -2.18. The molecule has 0 saturated heterocycles. The number of carboxylic acid groups (broad SMARTS) is 1. The number of aromatic carboxylic acids is 1. The van der Waals surface area contributed by atoms with E-state index in [2.05, 4.69) is 11.7 Å². The Morgan fingerprint density at radius 1 is 1.03 bits per heavy atom. The molecule has 0 spiro atoms. The molecule has 2 rings (SSSR count). The maximum Gasteiger partial charge on any atom is 0.337 e. The van der Waals surface area contributed by atoms with Crippen molar-refractivity contribution >= 4 is 17.6 Å². The molecule has 0 radical (unpaired) electrons. The fraction of sp³-hybridized carbons (Fsp3) is 0.391. The van der Waals surface area contributed by atoms with Gasteiger partial charge in [0.1, 0.15) is 0 Å². The molecule has 0 aliphatic rings. The molecule has 0 bridgehead atoms. The van der Waals surface area contributed by atoms with Crippen LogP contribution >= 0.6 is 0 Å². The molecule has 2 aromatic rings. The van der Waals surface area contributed by atoms with Crippen LogP contribution < -0.4 is 10.6 Å². The number of anilines is 1. The predicted molar refractivity (Wildman–Crippen MR) is 117 cm³/mol. The number of carbonyl (C=O) groups is 2. The normalized spacial score (nSPS) is 9.97. The van der Waals surface area contributed by atoms with E-state index >= 15 is 0 Å². The first kappa shape index (κ1) is 24.2. The van der Waals surface area contributed by atoms with Crippen LogP contribution in [0.1, 0.15) is 58.0 Å². The van der Waals surface area contributed by atoms with Gasteiger partial charge in [-0.05, 0) is 60.8 Å². The largest absolute Gasteiger partial charge is 0.478 e. The van der Waals surface area contributed by atoms with Gasteiger partial charge in [0, 0.05) is 19.8 Å². The zero-order valence-electron chi connectivity index (χ0n) is 17.8. The van der Waals surface area contributed by atoms with Crippen LogP contribution in [0.25, 0.3) is 0 Å². The number of unbranched alkanes of at least 4 members (excludes halogenated alkanes) is 2. The standard InChI is InChI=1S/C18H19NO4.C5H13N/c1-19(2)16-9-8-14(17(20)21)11-15(16)10-12-4-6-13(7-5-12)18(22)23-3;1-2-3-4-5-6/h4-9,11H,10H2,1-3H3,(H,20,21);2-6H2,1H3. The Morgan fingerprint density at radius 2 is 1.66 bits per heavy atom. The van der Waals surface area contributed by atoms with Crippen molar-refractivity contribution in [2.75, 3.05) is 32.6 Å². The van der Waals surface area contributed by atoms with Crippen molar-refractivity contribution in [1.82, 2.24) is 0 Å². The summed E-state index contributed by atoms with van der Waals surface area (Å²) in [4.78, 5) is 24.6. The summed E-state index contributed by atoms with van der Waals surface area (Å²) in [6, 6.07) is 12.2. The predicted octanol–water partition coefficient (Wildman–Crippen LogP) is 3.96. The summed E-state index contributed by atoms with van der Waals surface area (Å²) in [5.74, 6) is -1.32. The molecule has 29 heavy (non-hydrogen) atoms. The monoisotopic (exact) mass is 400 g/mol. The van der Waals surface area contributed by atoms with E-state index in [1.165, 1.54) is 26.4 Å². The van der Waals surface area contributed by atoms with Crippen molar-refractivity contribution < 1.29 is 19.4 Å². The Kier molecular flexibility index (Phi) is 10.5. The van der Waals surface area contributed by atoms with Crippen LogP contribution in [0.2, 0.25) is 0 Å². The Bertz CT molecular complexity index is 782. The summed E-state index contributed by atoms with van der Waals surface area (Å²) < 4.78 is 4.68. The van der Waals surface area contributed by atoms with E-state index in [-0.39, 0.29) is 11.5 Å².